The monoisotopic (exact) mass is 130 g/mol. The molecule has 0 radical (unpaired) electrons. The summed E-state index contributed by atoms with van der Waals surface area (Å²) in [6, 6.07) is 0. The number of aromatic nitrogens is 2. The van der Waals surface area contributed by atoms with Crippen LogP contribution in [-0.2, 0) is 0 Å². The maximum absolute atomic E-state index is 12.3. The zero-order chi connectivity index (χ0) is 6.85. The summed E-state index contributed by atoms with van der Waals surface area (Å²) in [7, 11) is 0. The van der Waals surface area contributed by atoms with Crippen molar-refractivity contribution < 1.29 is 8.81 Å². The molecule has 1 unspecified atom stereocenters. The van der Waals surface area contributed by atoms with Crippen LogP contribution in [0.2, 0.25) is 0 Å². The van der Waals surface area contributed by atoms with Gasteiger partial charge >= 0.3 is 0 Å². The summed E-state index contributed by atoms with van der Waals surface area (Å²) >= 11 is 0. The van der Waals surface area contributed by atoms with Crippen molar-refractivity contribution in [1.29, 1.82) is 0 Å². The quantitative estimate of drug-likeness (QED) is 0.576. The van der Waals surface area contributed by atoms with Crippen LogP contribution in [-0.4, -0.2) is 10.2 Å². The van der Waals surface area contributed by atoms with Crippen molar-refractivity contribution in [3.8, 4) is 0 Å². The molecule has 0 aromatic carbocycles. The molecule has 0 N–H and O–H groups in total. The fourth-order valence-electron chi connectivity index (χ4n) is 0.473. The number of hydrogen-bond donors (Lipinski definition) is 0. The summed E-state index contributed by atoms with van der Waals surface area (Å²) in [5, 5.41) is 6.90. The lowest BCUT2D eigenvalue weighted by molar-refractivity contribution is 0.294. The van der Waals surface area contributed by atoms with E-state index in [1.807, 2.05) is 0 Å². The molecule has 1 aromatic rings. The summed E-state index contributed by atoms with van der Waals surface area (Å²) in [5.41, 5.74) is 0. The fourth-order valence-corrected chi connectivity index (χ4v) is 0.473. The van der Waals surface area contributed by atoms with Gasteiger partial charge in [0.1, 0.15) is 0 Å². The Morgan fingerprint density at radius 1 is 1.56 bits per heavy atom. The Bertz CT molecular complexity index is 197. The zero-order valence-electron chi connectivity index (χ0n) is 5.26. The van der Waals surface area contributed by atoms with Crippen molar-refractivity contribution in [1.82, 2.24) is 10.2 Å². The Morgan fingerprint density at radius 2 is 2.22 bits per heavy atom. The lowest BCUT2D eigenvalue weighted by atomic mass is 10.4. The van der Waals surface area contributed by atoms with E-state index < -0.39 is 6.17 Å². The van der Waals surface area contributed by atoms with Gasteiger partial charge in [0.15, 0.2) is 6.17 Å². The van der Waals surface area contributed by atoms with E-state index in [2.05, 4.69) is 10.2 Å². The first kappa shape index (κ1) is 6.19. The van der Waals surface area contributed by atoms with E-state index in [1.54, 1.807) is 6.92 Å². The largest absolute Gasteiger partial charge is 0.422 e. The molecule has 1 atom stereocenters. The normalized spacial score (nSPS) is 13.7. The molecule has 0 spiro atoms. The molecule has 0 aliphatic heterocycles. The van der Waals surface area contributed by atoms with Gasteiger partial charge < -0.3 is 4.42 Å². The van der Waals surface area contributed by atoms with Gasteiger partial charge in [-0.1, -0.05) is 0 Å². The molecule has 0 fully saturated rings. The molecule has 1 aromatic heterocycles. The standard InChI is InChI=1S/C5H7FN2O/c1-3(6)5-8-7-4(2)9-5/h3H,1-2H3. The molecule has 50 valence electrons. The number of halogens is 1. The Balaban J connectivity index is 2.85. The SMILES string of the molecule is Cc1nnc(C(C)F)o1. The Labute approximate surface area is 51.9 Å². The third kappa shape index (κ3) is 1.25. The third-order valence-corrected chi connectivity index (χ3v) is 0.882. The fraction of sp³-hybridized carbons (Fsp3) is 0.600. The van der Waals surface area contributed by atoms with Crippen LogP contribution in [0.3, 0.4) is 0 Å². The maximum atomic E-state index is 12.3. The summed E-state index contributed by atoms with van der Waals surface area (Å²) in [6.45, 7) is 2.98. The first-order valence-electron chi connectivity index (χ1n) is 2.64. The van der Waals surface area contributed by atoms with Crippen LogP contribution in [0.25, 0.3) is 0 Å². The molecule has 1 heterocycles. The van der Waals surface area contributed by atoms with Crippen LogP contribution < -0.4 is 0 Å². The maximum Gasteiger partial charge on any atom is 0.250 e. The second-order valence-corrected chi connectivity index (χ2v) is 1.78. The minimum absolute atomic E-state index is 0.0486. The molecule has 0 amide bonds. The van der Waals surface area contributed by atoms with Crippen LogP contribution in [0.5, 0.6) is 0 Å². The molecule has 0 saturated carbocycles. The highest BCUT2D eigenvalue weighted by atomic mass is 19.1. The molecule has 0 aliphatic rings. The highest BCUT2D eigenvalue weighted by Gasteiger charge is 2.08. The van der Waals surface area contributed by atoms with Crippen LogP contribution in [0.15, 0.2) is 4.42 Å². The van der Waals surface area contributed by atoms with Gasteiger partial charge in [-0.05, 0) is 6.92 Å². The third-order valence-electron chi connectivity index (χ3n) is 0.882. The molecular weight excluding hydrogens is 123 g/mol. The lowest BCUT2D eigenvalue weighted by Gasteiger charge is -1.88. The van der Waals surface area contributed by atoms with Crippen molar-refractivity contribution in [3.05, 3.63) is 11.8 Å². The van der Waals surface area contributed by atoms with Gasteiger partial charge in [-0.15, -0.1) is 10.2 Å². The van der Waals surface area contributed by atoms with E-state index >= 15 is 0 Å². The lowest BCUT2D eigenvalue weighted by Crippen LogP contribution is -1.83. The van der Waals surface area contributed by atoms with Crippen LogP contribution in [0, 0.1) is 6.92 Å². The molecule has 9 heavy (non-hydrogen) atoms. The predicted molar refractivity (Wildman–Crippen MR) is 28.6 cm³/mol. The number of nitrogens with zero attached hydrogens (tertiary/aromatic N) is 2. The highest BCUT2D eigenvalue weighted by Crippen LogP contribution is 2.12. The Kier molecular flexibility index (Phi) is 1.46. The van der Waals surface area contributed by atoms with Gasteiger partial charge in [0.05, 0.1) is 0 Å². The molecular formula is C5H7FN2O. The topological polar surface area (TPSA) is 38.9 Å². The molecule has 0 bridgehead atoms. The van der Waals surface area contributed by atoms with E-state index in [9.17, 15) is 4.39 Å². The van der Waals surface area contributed by atoms with Crippen LogP contribution >= 0.6 is 0 Å². The van der Waals surface area contributed by atoms with Crippen LogP contribution in [0.1, 0.15) is 24.9 Å². The van der Waals surface area contributed by atoms with Crippen molar-refractivity contribution in [2.75, 3.05) is 0 Å². The molecule has 0 aliphatic carbocycles. The molecule has 1 rings (SSSR count). The molecule has 0 saturated heterocycles. The van der Waals surface area contributed by atoms with Crippen LogP contribution in [0.4, 0.5) is 4.39 Å². The van der Waals surface area contributed by atoms with E-state index in [-0.39, 0.29) is 5.89 Å². The summed E-state index contributed by atoms with van der Waals surface area (Å²) in [5.74, 6) is 0.446. The molecule has 3 nitrogen and oxygen atoms in total. The van der Waals surface area contributed by atoms with Gasteiger partial charge in [0.2, 0.25) is 11.8 Å². The number of rotatable bonds is 1. The minimum atomic E-state index is -1.16. The number of alkyl halides is 1. The Hall–Kier alpha value is -0.930. The summed E-state index contributed by atoms with van der Waals surface area (Å²) < 4.78 is 17.0. The van der Waals surface area contributed by atoms with E-state index in [0.717, 1.165) is 0 Å². The van der Waals surface area contributed by atoms with Crippen molar-refractivity contribution in [3.63, 3.8) is 0 Å². The zero-order valence-corrected chi connectivity index (χ0v) is 5.26. The first-order chi connectivity index (χ1) is 4.20. The van der Waals surface area contributed by atoms with Crippen molar-refractivity contribution >= 4 is 0 Å². The van der Waals surface area contributed by atoms with E-state index in [0.29, 0.717) is 5.89 Å². The first-order valence-corrected chi connectivity index (χ1v) is 2.64. The smallest absolute Gasteiger partial charge is 0.250 e. The van der Waals surface area contributed by atoms with Gasteiger partial charge in [-0.3, -0.25) is 0 Å². The van der Waals surface area contributed by atoms with Crippen molar-refractivity contribution in [2.45, 2.75) is 20.0 Å². The highest BCUT2D eigenvalue weighted by molar-refractivity contribution is 4.81. The van der Waals surface area contributed by atoms with E-state index in [4.69, 9.17) is 4.42 Å². The van der Waals surface area contributed by atoms with E-state index in [1.165, 1.54) is 6.92 Å². The second kappa shape index (κ2) is 2.13. The number of aryl methyl sites for hydroxylation is 1. The molecule has 4 heteroatoms. The van der Waals surface area contributed by atoms with Gasteiger partial charge in [-0.2, -0.15) is 0 Å². The van der Waals surface area contributed by atoms with Gasteiger partial charge in [-0.25, -0.2) is 4.39 Å². The number of hydrogen-bond acceptors (Lipinski definition) is 3. The minimum Gasteiger partial charge on any atom is -0.422 e. The average Bonchev–Trinajstić information content (AvgIpc) is 2.14. The second-order valence-electron chi connectivity index (χ2n) is 1.78. The Morgan fingerprint density at radius 3 is 2.44 bits per heavy atom. The summed E-state index contributed by atoms with van der Waals surface area (Å²) in [6.07, 6.45) is -1.16. The average molecular weight is 130 g/mol. The summed E-state index contributed by atoms with van der Waals surface area (Å²) in [4.78, 5) is 0. The van der Waals surface area contributed by atoms with Crippen molar-refractivity contribution in [2.24, 2.45) is 0 Å². The predicted octanol–water partition coefficient (Wildman–Crippen LogP) is 1.41. The van der Waals surface area contributed by atoms with Gasteiger partial charge in [0.25, 0.3) is 0 Å². The van der Waals surface area contributed by atoms with Gasteiger partial charge in [0, 0.05) is 6.92 Å².